The Hall–Kier alpha value is -1.67. The average Bonchev–Trinajstić information content (AvgIpc) is 2.84. The fraction of sp³-hybridized carbons (Fsp3) is 0.444. The molecule has 0 spiro atoms. The largest absolute Gasteiger partial charge is 0.395 e. The summed E-state index contributed by atoms with van der Waals surface area (Å²) >= 11 is 1.34. The van der Waals surface area contributed by atoms with Gasteiger partial charge in [0.25, 0.3) is 4.96 Å². The summed E-state index contributed by atoms with van der Waals surface area (Å²) in [7, 11) is 0. The molecule has 8 heteroatoms. The van der Waals surface area contributed by atoms with Crippen molar-refractivity contribution in [2.75, 3.05) is 24.6 Å². The standard InChI is InChI=1S/C9H12N4O3S/c1-2-11(3-5-14)7-8(13(15)16)12-4-6-17-9(12)10-7/h4,6,14H,2-3,5H2,1H3. The maximum atomic E-state index is 11.1. The molecule has 0 saturated carbocycles. The normalized spacial score (nSPS) is 10.9. The van der Waals surface area contributed by atoms with Crippen LogP contribution in [0.4, 0.5) is 11.6 Å². The van der Waals surface area contributed by atoms with E-state index in [-0.39, 0.29) is 12.4 Å². The quantitative estimate of drug-likeness (QED) is 0.640. The van der Waals surface area contributed by atoms with Crippen molar-refractivity contribution >= 4 is 27.9 Å². The summed E-state index contributed by atoms with van der Waals surface area (Å²) in [6.07, 6.45) is 1.63. The van der Waals surface area contributed by atoms with Crippen molar-refractivity contribution in [1.29, 1.82) is 0 Å². The van der Waals surface area contributed by atoms with Crippen LogP contribution in [0.15, 0.2) is 11.6 Å². The molecule has 0 unspecified atom stereocenters. The summed E-state index contributed by atoms with van der Waals surface area (Å²) in [6.45, 7) is 2.71. The zero-order chi connectivity index (χ0) is 12.4. The first kappa shape index (κ1) is 11.8. The predicted octanol–water partition coefficient (Wildman–Crippen LogP) is 1.12. The third-order valence-corrected chi connectivity index (χ3v) is 3.20. The summed E-state index contributed by atoms with van der Waals surface area (Å²) in [6, 6.07) is 0. The van der Waals surface area contributed by atoms with Crippen molar-refractivity contribution in [3.8, 4) is 0 Å². The van der Waals surface area contributed by atoms with Crippen LogP contribution in [0.25, 0.3) is 4.96 Å². The molecule has 0 radical (unpaired) electrons. The highest BCUT2D eigenvalue weighted by molar-refractivity contribution is 7.15. The van der Waals surface area contributed by atoms with E-state index in [1.807, 2.05) is 6.92 Å². The van der Waals surface area contributed by atoms with Gasteiger partial charge in [-0.05, 0) is 11.8 Å². The Bertz CT molecular complexity index is 535. The lowest BCUT2D eigenvalue weighted by Crippen LogP contribution is -2.27. The number of rotatable bonds is 5. The van der Waals surface area contributed by atoms with Gasteiger partial charge in [-0.3, -0.25) is 0 Å². The molecule has 0 bridgehead atoms. The van der Waals surface area contributed by atoms with Crippen LogP contribution in [0.3, 0.4) is 0 Å². The van der Waals surface area contributed by atoms with Crippen LogP contribution in [0.5, 0.6) is 0 Å². The van der Waals surface area contributed by atoms with E-state index in [0.29, 0.717) is 23.9 Å². The summed E-state index contributed by atoms with van der Waals surface area (Å²) in [5, 5.41) is 21.8. The van der Waals surface area contributed by atoms with Crippen LogP contribution < -0.4 is 4.90 Å². The van der Waals surface area contributed by atoms with Crippen LogP contribution in [-0.2, 0) is 0 Å². The highest BCUT2D eigenvalue weighted by Crippen LogP contribution is 2.30. The molecule has 2 rings (SSSR count). The van der Waals surface area contributed by atoms with Crippen LogP contribution in [0.1, 0.15) is 6.92 Å². The molecular weight excluding hydrogens is 244 g/mol. The van der Waals surface area contributed by atoms with Crippen molar-refractivity contribution in [2.45, 2.75) is 6.92 Å². The highest BCUT2D eigenvalue weighted by atomic mass is 32.1. The van der Waals surface area contributed by atoms with E-state index in [0.717, 1.165) is 0 Å². The molecule has 0 amide bonds. The number of aromatic nitrogens is 2. The minimum atomic E-state index is -0.442. The Labute approximate surface area is 101 Å². The van der Waals surface area contributed by atoms with Gasteiger partial charge in [-0.2, -0.15) is 9.38 Å². The lowest BCUT2D eigenvalue weighted by atomic mass is 10.4. The molecule has 1 N–H and O–H groups in total. The number of fused-ring (bicyclic) bond motifs is 1. The fourth-order valence-corrected chi connectivity index (χ4v) is 2.38. The molecule has 0 aliphatic rings. The number of aliphatic hydroxyl groups excluding tert-OH is 1. The second kappa shape index (κ2) is 4.68. The smallest absolute Gasteiger partial charge is 0.373 e. The Morgan fingerprint density at radius 2 is 2.47 bits per heavy atom. The van der Waals surface area contributed by atoms with Gasteiger partial charge in [0.05, 0.1) is 6.61 Å². The molecule has 92 valence electrons. The molecule has 0 atom stereocenters. The van der Waals surface area contributed by atoms with Crippen molar-refractivity contribution in [3.05, 3.63) is 21.7 Å². The zero-order valence-electron chi connectivity index (χ0n) is 9.24. The Balaban J connectivity index is 2.54. The third-order valence-electron chi connectivity index (χ3n) is 2.44. The zero-order valence-corrected chi connectivity index (χ0v) is 10.1. The molecule has 17 heavy (non-hydrogen) atoms. The number of imidazole rings is 1. The molecule has 0 saturated heterocycles. The molecule has 0 fully saturated rings. The minimum Gasteiger partial charge on any atom is -0.395 e. The van der Waals surface area contributed by atoms with E-state index in [1.165, 1.54) is 15.7 Å². The number of nitrogens with zero attached hydrogens (tertiary/aromatic N) is 4. The Kier molecular flexibility index (Phi) is 3.25. The molecule has 0 aliphatic carbocycles. The van der Waals surface area contributed by atoms with E-state index < -0.39 is 4.92 Å². The lowest BCUT2D eigenvalue weighted by molar-refractivity contribution is -0.389. The van der Waals surface area contributed by atoms with Crippen molar-refractivity contribution in [3.63, 3.8) is 0 Å². The SMILES string of the molecule is CCN(CCO)c1nc2sccn2c1[N+](=O)[O-]. The Morgan fingerprint density at radius 3 is 3.06 bits per heavy atom. The van der Waals surface area contributed by atoms with Gasteiger partial charge < -0.3 is 20.1 Å². The molecule has 2 aromatic heterocycles. The highest BCUT2D eigenvalue weighted by Gasteiger charge is 2.26. The molecule has 2 aromatic rings. The topological polar surface area (TPSA) is 83.9 Å². The molecule has 2 heterocycles. The van der Waals surface area contributed by atoms with Gasteiger partial charge in [-0.1, -0.05) is 11.3 Å². The van der Waals surface area contributed by atoms with Gasteiger partial charge in [0, 0.05) is 18.5 Å². The fourth-order valence-electron chi connectivity index (χ4n) is 1.68. The number of aliphatic hydroxyl groups is 1. The van der Waals surface area contributed by atoms with E-state index >= 15 is 0 Å². The number of thiazole rings is 1. The Morgan fingerprint density at radius 1 is 1.71 bits per heavy atom. The van der Waals surface area contributed by atoms with E-state index in [4.69, 9.17) is 5.11 Å². The lowest BCUT2D eigenvalue weighted by Gasteiger charge is -2.17. The summed E-state index contributed by atoms with van der Waals surface area (Å²) in [4.78, 5) is 17.2. The van der Waals surface area contributed by atoms with Gasteiger partial charge in [0.15, 0.2) is 0 Å². The van der Waals surface area contributed by atoms with Crippen LogP contribution >= 0.6 is 11.3 Å². The minimum absolute atomic E-state index is 0.0449. The number of hydrogen-bond acceptors (Lipinski definition) is 6. The number of likely N-dealkylation sites (N-methyl/N-ethyl adjacent to an activating group) is 1. The predicted molar refractivity (Wildman–Crippen MR) is 64.7 cm³/mol. The third kappa shape index (κ3) is 1.96. The van der Waals surface area contributed by atoms with Gasteiger partial charge in [0.1, 0.15) is 6.20 Å². The first-order chi connectivity index (χ1) is 8.19. The molecule has 7 nitrogen and oxygen atoms in total. The number of nitro groups is 1. The molecule has 0 aromatic carbocycles. The van der Waals surface area contributed by atoms with Gasteiger partial charge >= 0.3 is 5.82 Å². The second-order valence-electron chi connectivity index (χ2n) is 3.37. The van der Waals surface area contributed by atoms with E-state index in [1.54, 1.807) is 16.5 Å². The van der Waals surface area contributed by atoms with Gasteiger partial charge in [-0.15, -0.1) is 0 Å². The van der Waals surface area contributed by atoms with Crippen LogP contribution in [0.2, 0.25) is 0 Å². The number of hydrogen-bond donors (Lipinski definition) is 1. The maximum Gasteiger partial charge on any atom is 0.373 e. The summed E-state index contributed by atoms with van der Waals surface area (Å²) in [5.41, 5.74) is 0. The first-order valence-electron chi connectivity index (χ1n) is 5.14. The molecule has 0 aliphatic heterocycles. The van der Waals surface area contributed by atoms with E-state index in [2.05, 4.69) is 4.98 Å². The average molecular weight is 256 g/mol. The second-order valence-corrected chi connectivity index (χ2v) is 4.25. The van der Waals surface area contributed by atoms with Gasteiger partial charge in [-0.25, -0.2) is 0 Å². The monoisotopic (exact) mass is 256 g/mol. The number of anilines is 1. The van der Waals surface area contributed by atoms with Gasteiger partial charge in [0.2, 0.25) is 5.82 Å². The summed E-state index contributed by atoms with van der Waals surface area (Å²) < 4.78 is 1.46. The van der Waals surface area contributed by atoms with E-state index in [9.17, 15) is 10.1 Å². The maximum absolute atomic E-state index is 11.1. The van der Waals surface area contributed by atoms with Crippen molar-refractivity contribution in [1.82, 2.24) is 9.38 Å². The molecular formula is C9H12N4O3S. The first-order valence-corrected chi connectivity index (χ1v) is 6.02. The van der Waals surface area contributed by atoms with Crippen LogP contribution in [0, 0.1) is 10.1 Å². The summed E-state index contributed by atoms with van der Waals surface area (Å²) in [5.74, 6) is 0.273. The van der Waals surface area contributed by atoms with Crippen molar-refractivity contribution < 1.29 is 10.0 Å². The van der Waals surface area contributed by atoms with Crippen molar-refractivity contribution in [2.24, 2.45) is 0 Å². The van der Waals surface area contributed by atoms with Crippen LogP contribution in [-0.4, -0.2) is 39.1 Å².